The number of likely N-dealkylation sites (tertiary alicyclic amines) is 1. The molecule has 0 atom stereocenters. The van der Waals surface area contributed by atoms with Crippen LogP contribution in [0.5, 0.6) is 0 Å². The summed E-state index contributed by atoms with van der Waals surface area (Å²) in [5, 5.41) is 1.04. The van der Waals surface area contributed by atoms with Gasteiger partial charge >= 0.3 is 0 Å². The summed E-state index contributed by atoms with van der Waals surface area (Å²) in [6, 6.07) is 8.76. The molecular formula is C20H20N4O3S. The predicted octanol–water partition coefficient (Wildman–Crippen LogP) is 2.47. The van der Waals surface area contributed by atoms with Gasteiger partial charge in [0, 0.05) is 31.9 Å². The molecule has 0 bridgehead atoms. The Kier molecular flexibility index (Phi) is 5.04. The van der Waals surface area contributed by atoms with Crippen molar-refractivity contribution in [3.63, 3.8) is 0 Å². The SMILES string of the molecule is Cn1c(SCC(=O)c2c[nH]c(C(=O)N3CCCC3)c2)nc2ccccc2c1=O. The van der Waals surface area contributed by atoms with Crippen molar-refractivity contribution in [2.45, 2.75) is 18.0 Å². The number of amides is 1. The average molecular weight is 396 g/mol. The van der Waals surface area contributed by atoms with E-state index in [4.69, 9.17) is 0 Å². The highest BCUT2D eigenvalue weighted by Crippen LogP contribution is 2.19. The first-order valence-electron chi connectivity index (χ1n) is 9.14. The lowest BCUT2D eigenvalue weighted by Gasteiger charge is -2.13. The lowest BCUT2D eigenvalue weighted by atomic mass is 10.2. The van der Waals surface area contributed by atoms with E-state index in [1.807, 2.05) is 6.07 Å². The normalized spacial score (nSPS) is 14.0. The van der Waals surface area contributed by atoms with Crippen LogP contribution in [0.1, 0.15) is 33.7 Å². The van der Waals surface area contributed by atoms with E-state index in [-0.39, 0.29) is 23.0 Å². The Morgan fingerprint density at radius 3 is 2.75 bits per heavy atom. The highest BCUT2D eigenvalue weighted by atomic mass is 32.2. The fourth-order valence-electron chi connectivity index (χ4n) is 3.31. The van der Waals surface area contributed by atoms with Gasteiger partial charge in [-0.25, -0.2) is 4.98 Å². The zero-order valence-electron chi connectivity index (χ0n) is 15.5. The summed E-state index contributed by atoms with van der Waals surface area (Å²) < 4.78 is 1.46. The molecule has 2 aromatic heterocycles. The van der Waals surface area contributed by atoms with Gasteiger partial charge in [-0.15, -0.1) is 0 Å². The molecule has 1 aliphatic heterocycles. The Balaban J connectivity index is 1.48. The van der Waals surface area contributed by atoms with Crippen molar-refractivity contribution in [1.29, 1.82) is 0 Å². The van der Waals surface area contributed by atoms with Gasteiger partial charge in [-0.3, -0.25) is 19.0 Å². The summed E-state index contributed by atoms with van der Waals surface area (Å²) in [5.41, 5.74) is 1.37. The first-order chi connectivity index (χ1) is 13.5. The van der Waals surface area contributed by atoms with Crippen LogP contribution >= 0.6 is 11.8 Å². The number of H-pyrrole nitrogens is 1. The standard InChI is InChI=1S/C20H20N4O3S/c1-23-18(26)14-6-2-3-7-15(14)22-20(23)28-12-17(25)13-10-16(21-11-13)19(27)24-8-4-5-9-24/h2-3,6-7,10-11,21H,4-5,8-9,12H2,1H3. The molecule has 28 heavy (non-hydrogen) atoms. The van der Waals surface area contributed by atoms with Crippen molar-refractivity contribution in [2.24, 2.45) is 7.05 Å². The third kappa shape index (κ3) is 3.47. The zero-order valence-corrected chi connectivity index (χ0v) is 16.3. The Morgan fingerprint density at radius 2 is 1.96 bits per heavy atom. The van der Waals surface area contributed by atoms with Crippen molar-refractivity contribution in [2.75, 3.05) is 18.8 Å². The van der Waals surface area contributed by atoms with Gasteiger partial charge in [0.15, 0.2) is 10.9 Å². The van der Waals surface area contributed by atoms with Gasteiger partial charge in [-0.1, -0.05) is 23.9 Å². The second-order valence-corrected chi connectivity index (χ2v) is 7.73. The molecule has 0 saturated carbocycles. The topological polar surface area (TPSA) is 88.1 Å². The van der Waals surface area contributed by atoms with Crippen LogP contribution in [0.25, 0.3) is 10.9 Å². The van der Waals surface area contributed by atoms with Crippen molar-refractivity contribution in [1.82, 2.24) is 19.4 Å². The molecule has 1 amide bonds. The molecule has 3 heterocycles. The van der Waals surface area contributed by atoms with E-state index < -0.39 is 0 Å². The maximum absolute atomic E-state index is 12.6. The van der Waals surface area contributed by atoms with E-state index in [2.05, 4.69) is 9.97 Å². The van der Waals surface area contributed by atoms with Crippen LogP contribution in [-0.4, -0.2) is 50.0 Å². The van der Waals surface area contributed by atoms with Crippen molar-refractivity contribution < 1.29 is 9.59 Å². The molecule has 1 saturated heterocycles. The number of nitrogens with zero attached hydrogens (tertiary/aromatic N) is 3. The summed E-state index contributed by atoms with van der Waals surface area (Å²) >= 11 is 1.22. The highest BCUT2D eigenvalue weighted by molar-refractivity contribution is 7.99. The van der Waals surface area contributed by atoms with Crippen LogP contribution in [-0.2, 0) is 7.05 Å². The number of hydrogen-bond donors (Lipinski definition) is 1. The van der Waals surface area contributed by atoms with Crippen LogP contribution in [0.15, 0.2) is 46.5 Å². The maximum atomic E-state index is 12.6. The molecule has 1 aliphatic rings. The smallest absolute Gasteiger partial charge is 0.270 e. The molecule has 7 nitrogen and oxygen atoms in total. The molecular weight excluding hydrogens is 376 g/mol. The minimum absolute atomic E-state index is 0.0669. The quantitative estimate of drug-likeness (QED) is 0.407. The first kappa shape index (κ1) is 18.5. The van der Waals surface area contributed by atoms with E-state index >= 15 is 0 Å². The number of nitrogens with one attached hydrogen (secondary N) is 1. The fraction of sp³-hybridized carbons (Fsp3) is 0.300. The lowest BCUT2D eigenvalue weighted by molar-refractivity contribution is 0.0787. The molecule has 3 aromatic rings. The number of fused-ring (bicyclic) bond motifs is 1. The van der Waals surface area contributed by atoms with Crippen LogP contribution in [0.3, 0.4) is 0 Å². The minimum atomic E-state index is -0.138. The summed E-state index contributed by atoms with van der Waals surface area (Å²) in [5.74, 6) is -0.0553. The second kappa shape index (κ2) is 7.63. The van der Waals surface area contributed by atoms with Crippen LogP contribution in [0.2, 0.25) is 0 Å². The van der Waals surface area contributed by atoms with E-state index in [1.54, 1.807) is 42.4 Å². The minimum Gasteiger partial charge on any atom is -0.356 e. The van der Waals surface area contributed by atoms with Gasteiger partial charge in [0.25, 0.3) is 11.5 Å². The number of Topliss-reactive ketones (excluding diaryl/α,β-unsaturated/α-hetero) is 1. The summed E-state index contributed by atoms with van der Waals surface area (Å²) in [4.78, 5) is 46.6. The molecule has 0 spiro atoms. The van der Waals surface area contributed by atoms with Crippen LogP contribution < -0.4 is 5.56 Å². The molecule has 4 rings (SSSR count). The number of carbonyl (C=O) groups excluding carboxylic acids is 2. The van der Waals surface area contributed by atoms with Crippen LogP contribution in [0, 0.1) is 0 Å². The third-order valence-electron chi connectivity index (χ3n) is 4.90. The molecule has 0 aliphatic carbocycles. The number of aromatic nitrogens is 3. The Labute approximate surface area is 165 Å². The Morgan fingerprint density at radius 1 is 1.21 bits per heavy atom. The second-order valence-electron chi connectivity index (χ2n) is 6.79. The van der Waals surface area contributed by atoms with Crippen molar-refractivity contribution in [3.05, 3.63) is 58.1 Å². The van der Waals surface area contributed by atoms with Gasteiger partial charge < -0.3 is 9.88 Å². The van der Waals surface area contributed by atoms with Crippen molar-refractivity contribution in [3.8, 4) is 0 Å². The summed E-state index contributed by atoms with van der Waals surface area (Å²) in [6.45, 7) is 1.53. The molecule has 1 fully saturated rings. The van der Waals surface area contributed by atoms with E-state index in [0.29, 0.717) is 27.3 Å². The average Bonchev–Trinajstić information content (AvgIpc) is 3.41. The molecule has 8 heteroatoms. The van der Waals surface area contributed by atoms with Gasteiger partial charge in [-0.2, -0.15) is 0 Å². The molecule has 144 valence electrons. The lowest BCUT2D eigenvalue weighted by Crippen LogP contribution is -2.27. The van der Waals surface area contributed by atoms with Gasteiger partial charge in [-0.05, 0) is 31.0 Å². The summed E-state index contributed by atoms with van der Waals surface area (Å²) in [7, 11) is 1.65. The number of thioether (sulfide) groups is 1. The molecule has 0 radical (unpaired) electrons. The molecule has 0 unspecified atom stereocenters. The third-order valence-corrected chi connectivity index (χ3v) is 5.93. The van der Waals surface area contributed by atoms with E-state index in [9.17, 15) is 14.4 Å². The summed E-state index contributed by atoms with van der Waals surface area (Å²) in [6.07, 6.45) is 3.61. The van der Waals surface area contributed by atoms with Crippen LogP contribution in [0.4, 0.5) is 0 Å². The largest absolute Gasteiger partial charge is 0.356 e. The monoisotopic (exact) mass is 396 g/mol. The number of benzene rings is 1. The van der Waals surface area contributed by atoms with Gasteiger partial charge in [0.2, 0.25) is 0 Å². The van der Waals surface area contributed by atoms with Gasteiger partial charge in [0.1, 0.15) is 5.69 Å². The number of ketones is 1. The number of rotatable bonds is 5. The maximum Gasteiger partial charge on any atom is 0.270 e. The number of carbonyl (C=O) groups is 2. The number of para-hydroxylation sites is 1. The molecule has 1 N–H and O–H groups in total. The first-order valence-corrected chi connectivity index (χ1v) is 10.1. The number of hydrogen-bond acceptors (Lipinski definition) is 5. The molecule has 1 aromatic carbocycles. The highest BCUT2D eigenvalue weighted by Gasteiger charge is 2.22. The predicted molar refractivity (Wildman–Crippen MR) is 108 cm³/mol. The van der Waals surface area contributed by atoms with Crippen molar-refractivity contribution >= 4 is 34.4 Å². The van der Waals surface area contributed by atoms with Gasteiger partial charge in [0.05, 0.1) is 16.7 Å². The number of aromatic amines is 1. The van der Waals surface area contributed by atoms with E-state index in [1.165, 1.54) is 16.3 Å². The Hall–Kier alpha value is -2.87. The Bertz CT molecular complexity index is 1110. The van der Waals surface area contributed by atoms with E-state index in [0.717, 1.165) is 25.9 Å². The zero-order chi connectivity index (χ0) is 19.7. The fourth-order valence-corrected chi connectivity index (χ4v) is 4.18.